The molecule has 3 heteroatoms. The summed E-state index contributed by atoms with van der Waals surface area (Å²) in [5.74, 6) is 0. The minimum absolute atomic E-state index is 0.908. The molecule has 0 aromatic heterocycles. The third-order valence-corrected chi connectivity index (χ3v) is 1.80. The van der Waals surface area contributed by atoms with Gasteiger partial charge in [-0.25, -0.2) is 4.21 Å². The van der Waals surface area contributed by atoms with Crippen molar-refractivity contribution in [2.45, 2.75) is 20.8 Å². The highest BCUT2D eigenvalue weighted by atomic mass is 32.2. The molecule has 74 valence electrons. The number of rotatable bonds is 2. The molecule has 2 nitrogen and oxygen atoms in total. The van der Waals surface area contributed by atoms with Gasteiger partial charge >= 0.3 is 0 Å². The zero-order chi connectivity index (χ0) is 10.3. The summed E-state index contributed by atoms with van der Waals surface area (Å²) in [4.78, 5) is 0. The fraction of sp³-hybridized carbons (Fsp3) is 0.400. The highest BCUT2D eigenvalue weighted by molar-refractivity contribution is 7.85. The van der Waals surface area contributed by atoms with Crippen LogP contribution in [0.4, 0.5) is 5.69 Å². The van der Waals surface area contributed by atoms with Gasteiger partial charge in [-0.2, -0.15) is 0 Å². The van der Waals surface area contributed by atoms with E-state index in [0.717, 1.165) is 5.69 Å². The Kier molecular flexibility index (Phi) is 6.24. The first-order chi connectivity index (χ1) is 6.18. The van der Waals surface area contributed by atoms with Gasteiger partial charge in [-0.05, 0) is 24.6 Å². The normalized spacial score (nSPS) is 11.1. The number of hydrogen-bond donors (Lipinski definition) is 1. The molecule has 1 aromatic carbocycles. The average molecular weight is 199 g/mol. The van der Waals surface area contributed by atoms with Crippen LogP contribution in [0.3, 0.4) is 0 Å². The lowest BCUT2D eigenvalue weighted by molar-refractivity contribution is 0.690. The standard InChI is InChI=1S/C8H11NOS.C2H6/c1-7-4-3-5-8(6-7)9-11(2)10;1-2/h3-6,9H,1-2H3;1-2H3. The third-order valence-electron chi connectivity index (χ3n) is 1.28. The number of nitrogens with one attached hydrogen (secondary N) is 1. The molecule has 0 radical (unpaired) electrons. The van der Waals surface area contributed by atoms with E-state index < -0.39 is 11.0 Å². The van der Waals surface area contributed by atoms with Crippen LogP contribution in [-0.4, -0.2) is 10.5 Å². The van der Waals surface area contributed by atoms with Crippen LogP contribution in [0, 0.1) is 6.92 Å². The van der Waals surface area contributed by atoms with Crippen LogP contribution < -0.4 is 4.72 Å². The van der Waals surface area contributed by atoms with Crippen LogP contribution in [0.1, 0.15) is 19.4 Å². The molecule has 0 spiro atoms. The van der Waals surface area contributed by atoms with Gasteiger partial charge < -0.3 is 4.72 Å². The van der Waals surface area contributed by atoms with Crippen molar-refractivity contribution in [2.24, 2.45) is 0 Å². The van der Waals surface area contributed by atoms with E-state index in [4.69, 9.17) is 0 Å². The summed E-state index contributed by atoms with van der Waals surface area (Å²) in [5.41, 5.74) is 2.08. The first-order valence-corrected chi connectivity index (χ1v) is 5.91. The Morgan fingerprint density at radius 1 is 1.31 bits per heavy atom. The Balaban J connectivity index is 0.000000671. The molecule has 1 aromatic rings. The largest absolute Gasteiger partial charge is 0.305 e. The summed E-state index contributed by atoms with van der Waals surface area (Å²) in [6, 6.07) is 7.80. The maximum absolute atomic E-state index is 10.7. The summed E-state index contributed by atoms with van der Waals surface area (Å²) >= 11 is 0. The van der Waals surface area contributed by atoms with Crippen molar-refractivity contribution in [3.05, 3.63) is 29.8 Å². The molecule has 0 bridgehead atoms. The van der Waals surface area contributed by atoms with Gasteiger partial charge in [-0.3, -0.25) is 0 Å². The molecule has 1 atom stereocenters. The minimum atomic E-state index is -0.975. The molecule has 0 aliphatic carbocycles. The number of hydrogen-bond acceptors (Lipinski definition) is 1. The Labute approximate surface area is 83.0 Å². The number of anilines is 1. The summed E-state index contributed by atoms with van der Waals surface area (Å²) in [5, 5.41) is 0. The lowest BCUT2D eigenvalue weighted by Gasteiger charge is -2.01. The van der Waals surface area contributed by atoms with E-state index in [0.29, 0.717) is 0 Å². The zero-order valence-corrected chi connectivity index (χ0v) is 9.44. The van der Waals surface area contributed by atoms with Crippen molar-refractivity contribution in [3.63, 3.8) is 0 Å². The second-order valence-corrected chi connectivity index (χ2v) is 3.54. The summed E-state index contributed by atoms with van der Waals surface area (Å²) in [7, 11) is -0.975. The molecule has 0 amide bonds. The molecule has 1 unspecified atom stereocenters. The fourth-order valence-corrected chi connectivity index (χ4v) is 1.33. The summed E-state index contributed by atoms with van der Waals surface area (Å²) < 4.78 is 13.5. The van der Waals surface area contributed by atoms with Crippen LogP contribution in [0.2, 0.25) is 0 Å². The maximum Gasteiger partial charge on any atom is 0.113 e. The summed E-state index contributed by atoms with van der Waals surface area (Å²) in [6.07, 6.45) is 1.61. The number of aryl methyl sites for hydroxylation is 1. The van der Waals surface area contributed by atoms with Gasteiger partial charge in [-0.1, -0.05) is 26.0 Å². The van der Waals surface area contributed by atoms with E-state index in [2.05, 4.69) is 4.72 Å². The topological polar surface area (TPSA) is 29.1 Å². The highest BCUT2D eigenvalue weighted by Crippen LogP contribution is 2.09. The van der Waals surface area contributed by atoms with Gasteiger partial charge in [0.05, 0.1) is 0 Å². The van der Waals surface area contributed by atoms with E-state index in [1.165, 1.54) is 5.56 Å². The Hall–Kier alpha value is -0.830. The van der Waals surface area contributed by atoms with E-state index in [9.17, 15) is 4.21 Å². The van der Waals surface area contributed by atoms with Crippen LogP contribution in [0.15, 0.2) is 24.3 Å². The second kappa shape index (κ2) is 6.66. The molecule has 0 saturated carbocycles. The van der Waals surface area contributed by atoms with Crippen molar-refractivity contribution in [2.75, 3.05) is 11.0 Å². The van der Waals surface area contributed by atoms with Crippen LogP contribution in [0.25, 0.3) is 0 Å². The molecule has 1 rings (SSSR count). The van der Waals surface area contributed by atoms with Gasteiger partial charge in [0.15, 0.2) is 0 Å². The molecule has 0 aliphatic heterocycles. The van der Waals surface area contributed by atoms with Crippen LogP contribution in [-0.2, 0) is 11.0 Å². The third kappa shape index (κ3) is 5.42. The van der Waals surface area contributed by atoms with E-state index >= 15 is 0 Å². The fourth-order valence-electron chi connectivity index (χ4n) is 0.875. The van der Waals surface area contributed by atoms with Gasteiger partial charge in [0.1, 0.15) is 11.0 Å². The van der Waals surface area contributed by atoms with Crippen molar-refractivity contribution in [3.8, 4) is 0 Å². The lowest BCUT2D eigenvalue weighted by atomic mass is 10.2. The minimum Gasteiger partial charge on any atom is -0.305 e. The predicted octanol–water partition coefficient (Wildman–Crippen LogP) is 2.73. The first kappa shape index (κ1) is 12.2. The highest BCUT2D eigenvalue weighted by Gasteiger charge is 1.91. The molecule has 0 aliphatic rings. The Morgan fingerprint density at radius 2 is 1.92 bits per heavy atom. The van der Waals surface area contributed by atoms with Gasteiger partial charge in [0, 0.05) is 11.9 Å². The van der Waals surface area contributed by atoms with Crippen LogP contribution in [0.5, 0.6) is 0 Å². The second-order valence-electron chi connectivity index (χ2n) is 2.43. The molecule has 0 fully saturated rings. The van der Waals surface area contributed by atoms with Gasteiger partial charge in [0.2, 0.25) is 0 Å². The van der Waals surface area contributed by atoms with Crippen molar-refractivity contribution in [1.82, 2.24) is 0 Å². The Morgan fingerprint density at radius 3 is 2.38 bits per heavy atom. The molecule has 13 heavy (non-hydrogen) atoms. The van der Waals surface area contributed by atoms with Crippen molar-refractivity contribution >= 4 is 16.7 Å². The van der Waals surface area contributed by atoms with E-state index in [1.54, 1.807) is 6.26 Å². The summed E-state index contributed by atoms with van der Waals surface area (Å²) in [6.45, 7) is 6.00. The maximum atomic E-state index is 10.7. The molecule has 0 heterocycles. The SMILES string of the molecule is CC.Cc1cccc(NS(C)=O)c1. The number of benzene rings is 1. The monoisotopic (exact) mass is 199 g/mol. The quantitative estimate of drug-likeness (QED) is 0.779. The molecular weight excluding hydrogens is 182 g/mol. The smallest absolute Gasteiger partial charge is 0.113 e. The first-order valence-electron chi connectivity index (χ1n) is 4.35. The van der Waals surface area contributed by atoms with Crippen molar-refractivity contribution in [1.29, 1.82) is 0 Å². The molecule has 1 N–H and O–H groups in total. The zero-order valence-electron chi connectivity index (χ0n) is 8.63. The van der Waals surface area contributed by atoms with Gasteiger partial charge in [-0.15, -0.1) is 0 Å². The average Bonchev–Trinajstić information content (AvgIpc) is 2.06. The van der Waals surface area contributed by atoms with Crippen molar-refractivity contribution < 1.29 is 4.21 Å². The van der Waals surface area contributed by atoms with Gasteiger partial charge in [0.25, 0.3) is 0 Å². The molecule has 0 saturated heterocycles. The Bertz CT molecular complexity index is 273. The van der Waals surface area contributed by atoms with E-state index in [1.807, 2.05) is 45.0 Å². The lowest BCUT2D eigenvalue weighted by Crippen LogP contribution is -2.00. The molecular formula is C10H17NOS. The van der Waals surface area contributed by atoms with E-state index in [-0.39, 0.29) is 0 Å². The predicted molar refractivity (Wildman–Crippen MR) is 60.2 cm³/mol. The van der Waals surface area contributed by atoms with Crippen LogP contribution >= 0.6 is 0 Å².